The minimum absolute atomic E-state index is 0.293. The number of carbonyl (C=O) groups excluding carboxylic acids is 3. The maximum atomic E-state index is 13.0. The number of esters is 1. The Morgan fingerprint density at radius 1 is 1.03 bits per heavy atom. The Morgan fingerprint density at radius 2 is 1.73 bits per heavy atom. The van der Waals surface area contributed by atoms with Gasteiger partial charge in [-0.25, -0.2) is 0 Å². The second kappa shape index (κ2) is 10.0. The van der Waals surface area contributed by atoms with Crippen molar-refractivity contribution in [3.05, 3.63) is 70.8 Å². The lowest BCUT2D eigenvalue weighted by molar-refractivity contribution is -0.162. The van der Waals surface area contributed by atoms with Crippen molar-refractivity contribution in [3.63, 3.8) is 0 Å². The van der Waals surface area contributed by atoms with E-state index in [1.54, 1.807) is 41.3 Å². The van der Waals surface area contributed by atoms with Gasteiger partial charge in [0.1, 0.15) is 6.54 Å². The maximum Gasteiger partial charge on any atom is 0.326 e. The zero-order valence-electron chi connectivity index (χ0n) is 17.2. The molecule has 2 amide bonds. The predicted molar refractivity (Wildman–Crippen MR) is 111 cm³/mol. The van der Waals surface area contributed by atoms with Crippen LogP contribution in [0.5, 0.6) is 0 Å². The molecular formula is C23H26N2O5. The molecule has 1 atom stereocenters. The van der Waals surface area contributed by atoms with Crippen molar-refractivity contribution in [2.24, 2.45) is 0 Å². The van der Waals surface area contributed by atoms with E-state index in [1.807, 2.05) is 26.0 Å². The number of nitrogens with zero attached hydrogens (tertiary/aromatic N) is 1. The van der Waals surface area contributed by atoms with Crippen LogP contribution in [0.1, 0.15) is 33.2 Å². The summed E-state index contributed by atoms with van der Waals surface area (Å²) in [5, 5.41) is 2.56. The van der Waals surface area contributed by atoms with Crippen LogP contribution in [0.15, 0.2) is 48.5 Å². The lowest BCUT2D eigenvalue weighted by atomic mass is 10.1. The van der Waals surface area contributed by atoms with E-state index in [0.717, 1.165) is 11.1 Å². The van der Waals surface area contributed by atoms with Crippen molar-refractivity contribution in [2.75, 3.05) is 32.8 Å². The van der Waals surface area contributed by atoms with E-state index < -0.39 is 12.1 Å². The van der Waals surface area contributed by atoms with Crippen LogP contribution in [0.2, 0.25) is 0 Å². The quantitative estimate of drug-likeness (QED) is 0.738. The zero-order chi connectivity index (χ0) is 21.5. The molecule has 0 aliphatic carbocycles. The highest BCUT2D eigenvalue weighted by Gasteiger charge is 2.30. The predicted octanol–water partition coefficient (Wildman–Crippen LogP) is 2.18. The molecule has 0 saturated carbocycles. The molecule has 1 aliphatic rings. The molecular weight excluding hydrogens is 384 g/mol. The van der Waals surface area contributed by atoms with Gasteiger partial charge in [-0.15, -0.1) is 0 Å². The number of carbonyl (C=O) groups is 3. The first kappa shape index (κ1) is 21.5. The second-order valence-corrected chi connectivity index (χ2v) is 7.20. The normalized spacial score (nSPS) is 14.7. The molecule has 0 aromatic heterocycles. The first-order valence-electron chi connectivity index (χ1n) is 9.92. The van der Waals surface area contributed by atoms with Crippen molar-refractivity contribution < 1.29 is 23.9 Å². The molecule has 1 aliphatic heterocycles. The van der Waals surface area contributed by atoms with Crippen LogP contribution in [-0.2, 0) is 19.1 Å². The van der Waals surface area contributed by atoms with Gasteiger partial charge in [-0.2, -0.15) is 0 Å². The highest BCUT2D eigenvalue weighted by molar-refractivity contribution is 5.96. The minimum Gasteiger partial charge on any atom is -0.446 e. The molecule has 7 nitrogen and oxygen atoms in total. The summed E-state index contributed by atoms with van der Waals surface area (Å²) in [5.74, 6) is -1.34. The number of amides is 2. The average Bonchev–Trinajstić information content (AvgIpc) is 2.78. The van der Waals surface area contributed by atoms with Crippen LogP contribution in [0.3, 0.4) is 0 Å². The molecule has 0 unspecified atom stereocenters. The van der Waals surface area contributed by atoms with Crippen LogP contribution in [-0.4, -0.2) is 55.5 Å². The number of aryl methyl sites for hydroxylation is 2. The summed E-state index contributed by atoms with van der Waals surface area (Å²) in [6.45, 7) is 5.35. The summed E-state index contributed by atoms with van der Waals surface area (Å²) in [6, 6.07) is 14.2. The summed E-state index contributed by atoms with van der Waals surface area (Å²) >= 11 is 0. The number of nitrogens with one attached hydrogen (secondary N) is 1. The van der Waals surface area contributed by atoms with E-state index in [4.69, 9.17) is 9.47 Å². The lowest BCUT2D eigenvalue weighted by Gasteiger charge is -2.30. The van der Waals surface area contributed by atoms with Crippen molar-refractivity contribution in [2.45, 2.75) is 20.0 Å². The van der Waals surface area contributed by atoms with Gasteiger partial charge in [0.2, 0.25) is 6.10 Å². The fraction of sp³-hybridized carbons (Fsp3) is 0.348. The Labute approximate surface area is 176 Å². The van der Waals surface area contributed by atoms with Crippen LogP contribution in [0, 0.1) is 13.8 Å². The maximum absolute atomic E-state index is 13.0. The van der Waals surface area contributed by atoms with Gasteiger partial charge >= 0.3 is 5.97 Å². The SMILES string of the molecule is Cc1ccc(C(=O)NCC(=O)O[C@H](C(=O)N2CCOCC2)c2ccccc2)cc1C. The van der Waals surface area contributed by atoms with E-state index >= 15 is 0 Å². The standard InChI is InChI=1S/C23H26N2O5/c1-16-8-9-19(14-17(16)2)22(27)24-15-20(26)30-21(18-6-4-3-5-7-18)23(28)25-10-12-29-13-11-25/h3-9,14,21H,10-13,15H2,1-2H3,(H,24,27)/t21-/m0/s1. The third kappa shape index (κ3) is 5.45. The van der Waals surface area contributed by atoms with Crippen molar-refractivity contribution >= 4 is 17.8 Å². The Bertz CT molecular complexity index is 907. The van der Waals surface area contributed by atoms with E-state index in [-0.39, 0.29) is 18.4 Å². The van der Waals surface area contributed by atoms with Gasteiger partial charge in [0.25, 0.3) is 11.8 Å². The van der Waals surface area contributed by atoms with Gasteiger partial charge in [-0.05, 0) is 37.1 Å². The van der Waals surface area contributed by atoms with Crippen LogP contribution >= 0.6 is 0 Å². The number of hydrogen-bond acceptors (Lipinski definition) is 5. The fourth-order valence-electron chi connectivity index (χ4n) is 3.15. The van der Waals surface area contributed by atoms with Crippen LogP contribution < -0.4 is 5.32 Å². The molecule has 0 spiro atoms. The van der Waals surface area contributed by atoms with Gasteiger partial charge < -0.3 is 19.7 Å². The van der Waals surface area contributed by atoms with E-state index in [0.29, 0.717) is 37.4 Å². The Hall–Kier alpha value is -3.19. The molecule has 7 heteroatoms. The summed E-state index contributed by atoms with van der Waals surface area (Å²) in [6.07, 6.45) is -1.06. The van der Waals surface area contributed by atoms with E-state index in [2.05, 4.69) is 5.32 Å². The number of hydrogen-bond donors (Lipinski definition) is 1. The van der Waals surface area contributed by atoms with Gasteiger partial charge in [-0.3, -0.25) is 14.4 Å². The molecule has 0 bridgehead atoms. The number of morpholine rings is 1. The highest BCUT2D eigenvalue weighted by atomic mass is 16.5. The van der Waals surface area contributed by atoms with Gasteiger partial charge in [0, 0.05) is 24.2 Å². The van der Waals surface area contributed by atoms with E-state index in [1.165, 1.54) is 0 Å². The molecule has 1 N–H and O–H groups in total. The van der Waals surface area contributed by atoms with Crippen molar-refractivity contribution in [3.8, 4) is 0 Å². The Balaban J connectivity index is 1.64. The fourth-order valence-corrected chi connectivity index (χ4v) is 3.15. The summed E-state index contributed by atoms with van der Waals surface area (Å²) in [4.78, 5) is 39.4. The molecule has 158 valence electrons. The largest absolute Gasteiger partial charge is 0.446 e. The summed E-state index contributed by atoms with van der Waals surface area (Å²) in [7, 11) is 0. The third-order valence-corrected chi connectivity index (χ3v) is 5.06. The van der Waals surface area contributed by atoms with Gasteiger partial charge in [-0.1, -0.05) is 36.4 Å². The monoisotopic (exact) mass is 410 g/mol. The topological polar surface area (TPSA) is 84.9 Å². The molecule has 2 aromatic rings. The molecule has 1 heterocycles. The third-order valence-electron chi connectivity index (χ3n) is 5.06. The average molecular weight is 410 g/mol. The molecule has 1 fully saturated rings. The summed E-state index contributed by atoms with van der Waals surface area (Å²) in [5.41, 5.74) is 3.13. The van der Waals surface area contributed by atoms with Crippen LogP contribution in [0.25, 0.3) is 0 Å². The number of benzene rings is 2. The zero-order valence-corrected chi connectivity index (χ0v) is 17.2. The number of ether oxygens (including phenoxy) is 2. The first-order valence-corrected chi connectivity index (χ1v) is 9.92. The molecule has 2 aromatic carbocycles. The lowest BCUT2D eigenvalue weighted by Crippen LogP contribution is -2.44. The summed E-state index contributed by atoms with van der Waals surface area (Å²) < 4.78 is 10.8. The van der Waals surface area contributed by atoms with Crippen molar-refractivity contribution in [1.29, 1.82) is 0 Å². The molecule has 0 radical (unpaired) electrons. The Morgan fingerprint density at radius 3 is 2.40 bits per heavy atom. The number of rotatable bonds is 6. The molecule has 1 saturated heterocycles. The molecule has 3 rings (SSSR count). The molecule has 30 heavy (non-hydrogen) atoms. The van der Waals surface area contributed by atoms with Crippen molar-refractivity contribution in [1.82, 2.24) is 10.2 Å². The first-order chi connectivity index (χ1) is 14.5. The van der Waals surface area contributed by atoms with Gasteiger partial charge in [0.15, 0.2) is 0 Å². The van der Waals surface area contributed by atoms with E-state index in [9.17, 15) is 14.4 Å². The Kier molecular flexibility index (Phi) is 7.19. The smallest absolute Gasteiger partial charge is 0.326 e. The van der Waals surface area contributed by atoms with Gasteiger partial charge in [0.05, 0.1) is 13.2 Å². The minimum atomic E-state index is -1.06. The second-order valence-electron chi connectivity index (χ2n) is 7.20. The van der Waals surface area contributed by atoms with Crippen LogP contribution in [0.4, 0.5) is 0 Å². The highest BCUT2D eigenvalue weighted by Crippen LogP contribution is 2.21.